The maximum atomic E-state index is 12.9. The van der Waals surface area contributed by atoms with Crippen LogP contribution in [0.1, 0.15) is 12.1 Å². The minimum absolute atomic E-state index is 0.0000376. The lowest BCUT2D eigenvalue weighted by atomic mass is 10.2. The number of alkyl halides is 3. The third kappa shape index (κ3) is 3.44. The van der Waals surface area contributed by atoms with Gasteiger partial charge >= 0.3 is 11.9 Å². The van der Waals surface area contributed by atoms with Crippen LogP contribution in [0, 0.1) is 10.1 Å². The van der Waals surface area contributed by atoms with Crippen molar-refractivity contribution in [3.05, 3.63) is 28.1 Å². The van der Waals surface area contributed by atoms with E-state index in [9.17, 15) is 23.3 Å². The van der Waals surface area contributed by atoms with Crippen LogP contribution in [0.5, 0.6) is 0 Å². The van der Waals surface area contributed by atoms with Gasteiger partial charge in [-0.25, -0.2) is 4.98 Å². The van der Waals surface area contributed by atoms with E-state index in [-0.39, 0.29) is 17.4 Å². The van der Waals surface area contributed by atoms with Gasteiger partial charge in [0.1, 0.15) is 17.6 Å². The van der Waals surface area contributed by atoms with Crippen LogP contribution in [0.25, 0.3) is 0 Å². The van der Waals surface area contributed by atoms with Gasteiger partial charge in [0.2, 0.25) is 0 Å². The van der Waals surface area contributed by atoms with Gasteiger partial charge in [-0.3, -0.25) is 15.0 Å². The maximum absolute atomic E-state index is 12.9. The summed E-state index contributed by atoms with van der Waals surface area (Å²) in [5, 5.41) is 14.4. The molecule has 1 atom stereocenters. The Morgan fingerprint density at radius 2 is 2.00 bits per heavy atom. The molecule has 0 aliphatic carbocycles. The van der Waals surface area contributed by atoms with E-state index in [0.717, 1.165) is 38.7 Å². The van der Waals surface area contributed by atoms with Crippen molar-refractivity contribution >= 4 is 11.4 Å². The molecule has 0 aromatic carbocycles. The largest absolute Gasteiger partial charge is 0.433 e. The second-order valence-electron chi connectivity index (χ2n) is 5.99. The Labute approximate surface area is 136 Å². The van der Waals surface area contributed by atoms with Gasteiger partial charge in [-0.2, -0.15) is 13.2 Å². The Balaban J connectivity index is 1.83. The highest BCUT2D eigenvalue weighted by Crippen LogP contribution is 2.36. The average molecular weight is 345 g/mol. The first-order valence-corrected chi connectivity index (χ1v) is 7.77. The number of anilines is 1. The molecule has 1 aromatic heterocycles. The number of piperazine rings is 1. The summed E-state index contributed by atoms with van der Waals surface area (Å²) in [7, 11) is 0. The fourth-order valence-corrected chi connectivity index (χ4v) is 3.29. The van der Waals surface area contributed by atoms with E-state index in [1.54, 1.807) is 4.90 Å². The number of rotatable bonds is 3. The van der Waals surface area contributed by atoms with Gasteiger partial charge in [0.25, 0.3) is 0 Å². The van der Waals surface area contributed by atoms with Crippen molar-refractivity contribution in [2.75, 3.05) is 44.2 Å². The number of hydrogen-bond donors (Lipinski definition) is 1. The van der Waals surface area contributed by atoms with Crippen molar-refractivity contribution in [1.82, 2.24) is 15.2 Å². The minimum atomic E-state index is -4.62. The van der Waals surface area contributed by atoms with Crippen molar-refractivity contribution in [2.45, 2.75) is 18.6 Å². The zero-order chi connectivity index (χ0) is 17.3. The van der Waals surface area contributed by atoms with Gasteiger partial charge in [-0.05, 0) is 12.5 Å². The Bertz CT molecular complexity index is 619. The Kier molecular flexibility index (Phi) is 4.59. The van der Waals surface area contributed by atoms with Crippen LogP contribution >= 0.6 is 0 Å². The zero-order valence-corrected chi connectivity index (χ0v) is 12.9. The molecule has 132 valence electrons. The average Bonchev–Trinajstić information content (AvgIpc) is 3.04. The van der Waals surface area contributed by atoms with E-state index in [0.29, 0.717) is 19.3 Å². The zero-order valence-electron chi connectivity index (χ0n) is 12.9. The van der Waals surface area contributed by atoms with Crippen molar-refractivity contribution in [2.24, 2.45) is 0 Å². The number of nitrogens with one attached hydrogen (secondary N) is 1. The van der Waals surface area contributed by atoms with Crippen LogP contribution in [0.15, 0.2) is 12.3 Å². The van der Waals surface area contributed by atoms with Crippen LogP contribution in [-0.2, 0) is 6.18 Å². The predicted octanol–water partition coefficient (Wildman–Crippen LogP) is 1.49. The van der Waals surface area contributed by atoms with Crippen molar-refractivity contribution in [1.29, 1.82) is 0 Å². The molecule has 1 aromatic rings. The van der Waals surface area contributed by atoms with E-state index in [1.807, 2.05) is 0 Å². The standard InChI is InChI=1S/C14H18F3N5O2/c15-14(16,17)13-7-11(12(8-19-13)22(23)24)21-4-1-10(9-21)20-5-2-18-3-6-20/h7-8,10,18H,1-6,9H2. The number of pyridine rings is 1. The lowest BCUT2D eigenvalue weighted by Crippen LogP contribution is -2.49. The molecule has 0 bridgehead atoms. The number of hydrogen-bond acceptors (Lipinski definition) is 6. The van der Waals surface area contributed by atoms with Crippen molar-refractivity contribution < 1.29 is 18.1 Å². The van der Waals surface area contributed by atoms with Crippen LogP contribution in [0.3, 0.4) is 0 Å². The third-order valence-electron chi connectivity index (χ3n) is 4.52. The van der Waals surface area contributed by atoms with Gasteiger partial charge < -0.3 is 10.2 Å². The molecule has 7 nitrogen and oxygen atoms in total. The van der Waals surface area contributed by atoms with Gasteiger partial charge in [-0.15, -0.1) is 0 Å². The molecule has 2 aliphatic heterocycles. The quantitative estimate of drug-likeness (QED) is 0.661. The maximum Gasteiger partial charge on any atom is 0.433 e. The van der Waals surface area contributed by atoms with Crippen LogP contribution < -0.4 is 10.2 Å². The number of nitrogens with zero attached hydrogens (tertiary/aromatic N) is 4. The number of nitro groups is 1. The number of aromatic nitrogens is 1. The molecular weight excluding hydrogens is 327 g/mol. The van der Waals surface area contributed by atoms with Gasteiger partial charge in [0.05, 0.1) is 4.92 Å². The first-order chi connectivity index (χ1) is 11.4. The van der Waals surface area contributed by atoms with E-state index in [4.69, 9.17) is 0 Å². The van der Waals surface area contributed by atoms with Gasteiger partial charge in [0.15, 0.2) is 0 Å². The molecule has 0 radical (unpaired) electrons. The van der Waals surface area contributed by atoms with Crippen LogP contribution in [-0.4, -0.2) is 60.1 Å². The Morgan fingerprint density at radius 3 is 2.62 bits per heavy atom. The highest BCUT2D eigenvalue weighted by atomic mass is 19.4. The summed E-state index contributed by atoms with van der Waals surface area (Å²) in [6.07, 6.45) is -3.14. The molecule has 10 heteroatoms. The first kappa shape index (κ1) is 16.9. The summed E-state index contributed by atoms with van der Waals surface area (Å²) in [5.41, 5.74) is -1.49. The van der Waals surface area contributed by atoms with Crippen molar-refractivity contribution in [3.63, 3.8) is 0 Å². The lowest BCUT2D eigenvalue weighted by molar-refractivity contribution is -0.384. The first-order valence-electron chi connectivity index (χ1n) is 7.77. The molecule has 3 heterocycles. The highest BCUT2D eigenvalue weighted by Gasteiger charge is 2.37. The van der Waals surface area contributed by atoms with Gasteiger partial charge in [0, 0.05) is 45.3 Å². The minimum Gasteiger partial charge on any atom is -0.364 e. The van der Waals surface area contributed by atoms with E-state index >= 15 is 0 Å². The normalized spacial score (nSPS) is 22.8. The highest BCUT2D eigenvalue weighted by molar-refractivity contribution is 5.63. The van der Waals surface area contributed by atoms with E-state index in [1.165, 1.54) is 0 Å². The van der Waals surface area contributed by atoms with E-state index in [2.05, 4.69) is 15.2 Å². The molecule has 0 saturated carbocycles. The lowest BCUT2D eigenvalue weighted by Gasteiger charge is -2.32. The molecule has 3 rings (SSSR count). The Morgan fingerprint density at radius 1 is 1.29 bits per heavy atom. The van der Waals surface area contributed by atoms with Gasteiger partial charge in [-0.1, -0.05) is 0 Å². The molecule has 2 saturated heterocycles. The molecule has 1 N–H and O–H groups in total. The molecule has 2 fully saturated rings. The molecule has 0 spiro atoms. The summed E-state index contributed by atoms with van der Waals surface area (Å²) >= 11 is 0. The molecule has 1 unspecified atom stereocenters. The predicted molar refractivity (Wildman–Crippen MR) is 81.0 cm³/mol. The smallest absolute Gasteiger partial charge is 0.364 e. The SMILES string of the molecule is O=[N+]([O-])c1cnc(C(F)(F)F)cc1N1CCC(N2CCNCC2)C1. The second-order valence-corrected chi connectivity index (χ2v) is 5.99. The summed E-state index contributed by atoms with van der Waals surface area (Å²) in [6, 6.07) is 0.993. The van der Waals surface area contributed by atoms with Crippen LogP contribution in [0.2, 0.25) is 0 Å². The van der Waals surface area contributed by atoms with Crippen molar-refractivity contribution in [3.8, 4) is 0 Å². The summed E-state index contributed by atoms with van der Waals surface area (Å²) in [4.78, 5) is 17.6. The summed E-state index contributed by atoms with van der Waals surface area (Å²) in [6.45, 7) is 4.50. The summed E-state index contributed by atoms with van der Waals surface area (Å²) in [5.74, 6) is 0. The van der Waals surface area contributed by atoms with Crippen LogP contribution in [0.4, 0.5) is 24.5 Å². The fraction of sp³-hybridized carbons (Fsp3) is 0.643. The number of halogens is 3. The van der Waals surface area contributed by atoms with E-state index < -0.39 is 16.8 Å². The molecule has 0 amide bonds. The molecule has 2 aliphatic rings. The summed E-state index contributed by atoms with van der Waals surface area (Å²) < 4.78 is 38.7. The Hall–Kier alpha value is -1.94. The third-order valence-corrected chi connectivity index (χ3v) is 4.52. The molecular formula is C14H18F3N5O2. The fourth-order valence-electron chi connectivity index (χ4n) is 3.29. The monoisotopic (exact) mass is 345 g/mol. The second kappa shape index (κ2) is 6.52. The topological polar surface area (TPSA) is 74.5 Å². The molecule has 24 heavy (non-hydrogen) atoms.